The molecule has 7 heteroatoms. The van der Waals surface area contributed by atoms with E-state index in [4.69, 9.17) is 0 Å². The lowest BCUT2D eigenvalue weighted by Gasteiger charge is -2.44. The standard InChI is InChI=1S/C22H28N4O3/c27-19-7-6-18(20(28)24-19)26-11-17-15(4-3-5-16(17)21(26)29)10-25-9-2-1-8-22(14-25)12-23-13-22/h3-5,18,23H,1-2,6-14H2,(H,24,27,28). The number of imide groups is 1. The highest BCUT2D eigenvalue weighted by Gasteiger charge is 2.41. The third-order valence-corrected chi connectivity index (χ3v) is 7.06. The van der Waals surface area contributed by atoms with Crippen LogP contribution in [-0.4, -0.2) is 59.7 Å². The van der Waals surface area contributed by atoms with Gasteiger partial charge in [0.15, 0.2) is 0 Å². The maximum atomic E-state index is 13.0. The van der Waals surface area contributed by atoms with Gasteiger partial charge in [0.1, 0.15) is 6.04 Å². The third kappa shape index (κ3) is 3.36. The van der Waals surface area contributed by atoms with Gasteiger partial charge in [-0.3, -0.25) is 24.6 Å². The van der Waals surface area contributed by atoms with E-state index in [1.165, 1.54) is 24.8 Å². The van der Waals surface area contributed by atoms with Crippen LogP contribution in [0.5, 0.6) is 0 Å². The molecule has 4 aliphatic heterocycles. The highest BCUT2D eigenvalue weighted by atomic mass is 16.2. The molecule has 2 N–H and O–H groups in total. The molecule has 0 bridgehead atoms. The lowest BCUT2D eigenvalue weighted by Crippen LogP contribution is -2.57. The number of rotatable bonds is 3. The Kier molecular flexibility index (Phi) is 4.67. The molecule has 0 saturated carbocycles. The number of benzene rings is 1. The molecule has 0 aliphatic carbocycles. The SMILES string of the molecule is O=C1CCC(N2Cc3c(CN4CCCCC5(CNC5)C4)cccc3C2=O)C(=O)N1. The first-order valence-electron chi connectivity index (χ1n) is 10.7. The number of nitrogens with one attached hydrogen (secondary N) is 2. The predicted octanol–water partition coefficient (Wildman–Crippen LogP) is 1.02. The molecule has 1 aromatic carbocycles. The number of carbonyl (C=O) groups excluding carboxylic acids is 3. The fraction of sp³-hybridized carbons (Fsp3) is 0.591. The van der Waals surface area contributed by atoms with Crippen molar-refractivity contribution in [2.75, 3.05) is 26.2 Å². The van der Waals surface area contributed by atoms with Crippen molar-refractivity contribution in [1.82, 2.24) is 20.4 Å². The van der Waals surface area contributed by atoms with Gasteiger partial charge in [0, 0.05) is 50.1 Å². The molecule has 3 saturated heterocycles. The number of piperidine rings is 1. The van der Waals surface area contributed by atoms with E-state index in [1.807, 2.05) is 12.1 Å². The number of carbonyl (C=O) groups is 3. The van der Waals surface area contributed by atoms with Crippen molar-refractivity contribution in [2.45, 2.75) is 51.2 Å². The average Bonchev–Trinajstić information content (AvgIpc) is 2.86. The molecule has 4 aliphatic rings. The van der Waals surface area contributed by atoms with Crippen LogP contribution in [0.3, 0.4) is 0 Å². The van der Waals surface area contributed by atoms with Crippen LogP contribution in [0.4, 0.5) is 0 Å². The highest BCUT2D eigenvalue weighted by molar-refractivity contribution is 6.05. The normalized spacial score (nSPS) is 26.8. The maximum absolute atomic E-state index is 13.0. The van der Waals surface area contributed by atoms with Crippen LogP contribution in [0.15, 0.2) is 18.2 Å². The van der Waals surface area contributed by atoms with Gasteiger partial charge in [-0.15, -0.1) is 0 Å². The van der Waals surface area contributed by atoms with Gasteiger partial charge in [0.2, 0.25) is 11.8 Å². The second kappa shape index (κ2) is 7.22. The molecule has 0 aromatic heterocycles. The molecule has 7 nitrogen and oxygen atoms in total. The van der Waals surface area contributed by atoms with Gasteiger partial charge in [-0.25, -0.2) is 0 Å². The monoisotopic (exact) mass is 396 g/mol. The summed E-state index contributed by atoms with van der Waals surface area (Å²) in [6.45, 7) is 5.72. The van der Waals surface area contributed by atoms with E-state index in [9.17, 15) is 14.4 Å². The zero-order chi connectivity index (χ0) is 20.0. The Morgan fingerprint density at radius 2 is 2.00 bits per heavy atom. The van der Waals surface area contributed by atoms with Crippen LogP contribution in [0.2, 0.25) is 0 Å². The summed E-state index contributed by atoms with van der Waals surface area (Å²) >= 11 is 0. The Balaban J connectivity index is 1.35. The maximum Gasteiger partial charge on any atom is 0.255 e. The van der Waals surface area contributed by atoms with E-state index in [2.05, 4.69) is 21.6 Å². The van der Waals surface area contributed by atoms with Gasteiger partial charge in [-0.05, 0) is 43.0 Å². The van der Waals surface area contributed by atoms with Gasteiger partial charge < -0.3 is 10.2 Å². The van der Waals surface area contributed by atoms with E-state index in [1.54, 1.807) is 4.90 Å². The summed E-state index contributed by atoms with van der Waals surface area (Å²) < 4.78 is 0. The molecule has 0 radical (unpaired) electrons. The lowest BCUT2D eigenvalue weighted by atomic mass is 9.77. The zero-order valence-electron chi connectivity index (χ0n) is 16.7. The van der Waals surface area contributed by atoms with E-state index in [0.717, 1.165) is 38.3 Å². The zero-order valence-corrected chi connectivity index (χ0v) is 16.7. The van der Waals surface area contributed by atoms with Crippen LogP contribution >= 0.6 is 0 Å². The van der Waals surface area contributed by atoms with Gasteiger partial charge in [0.05, 0.1) is 0 Å². The van der Waals surface area contributed by atoms with E-state index in [-0.39, 0.29) is 24.1 Å². The molecule has 1 unspecified atom stereocenters. The molecule has 1 atom stereocenters. The van der Waals surface area contributed by atoms with Crippen molar-refractivity contribution in [3.05, 3.63) is 34.9 Å². The molecule has 29 heavy (non-hydrogen) atoms. The van der Waals surface area contributed by atoms with Crippen molar-refractivity contribution < 1.29 is 14.4 Å². The fourth-order valence-corrected chi connectivity index (χ4v) is 5.41. The molecular weight excluding hydrogens is 368 g/mol. The average molecular weight is 396 g/mol. The fourth-order valence-electron chi connectivity index (χ4n) is 5.41. The first-order valence-corrected chi connectivity index (χ1v) is 10.7. The van der Waals surface area contributed by atoms with E-state index >= 15 is 0 Å². The Morgan fingerprint density at radius 1 is 1.14 bits per heavy atom. The summed E-state index contributed by atoms with van der Waals surface area (Å²) in [5.41, 5.74) is 3.37. The summed E-state index contributed by atoms with van der Waals surface area (Å²) in [6.07, 6.45) is 4.49. The number of likely N-dealkylation sites (tertiary alicyclic amines) is 1. The van der Waals surface area contributed by atoms with Crippen LogP contribution in [0.1, 0.15) is 53.6 Å². The van der Waals surface area contributed by atoms with Crippen molar-refractivity contribution in [1.29, 1.82) is 0 Å². The Hall–Kier alpha value is -2.25. The van der Waals surface area contributed by atoms with Gasteiger partial charge in [-0.2, -0.15) is 0 Å². The molecule has 5 rings (SSSR count). The predicted molar refractivity (Wildman–Crippen MR) is 107 cm³/mol. The van der Waals surface area contributed by atoms with Crippen molar-refractivity contribution in [3.8, 4) is 0 Å². The molecule has 1 aromatic rings. The smallest absolute Gasteiger partial charge is 0.255 e. The number of hydrogen-bond donors (Lipinski definition) is 2. The van der Waals surface area contributed by atoms with Crippen LogP contribution in [0.25, 0.3) is 0 Å². The van der Waals surface area contributed by atoms with Crippen LogP contribution < -0.4 is 10.6 Å². The lowest BCUT2D eigenvalue weighted by molar-refractivity contribution is -0.136. The molecule has 1 spiro atoms. The van der Waals surface area contributed by atoms with Crippen LogP contribution in [0, 0.1) is 5.41 Å². The third-order valence-electron chi connectivity index (χ3n) is 7.06. The molecule has 4 heterocycles. The Labute approximate surface area is 170 Å². The summed E-state index contributed by atoms with van der Waals surface area (Å²) in [5, 5.41) is 5.82. The van der Waals surface area contributed by atoms with Crippen LogP contribution in [-0.2, 0) is 22.7 Å². The molecule has 3 fully saturated rings. The summed E-state index contributed by atoms with van der Waals surface area (Å²) in [6, 6.07) is 5.39. The Bertz CT molecular complexity index is 864. The largest absolute Gasteiger partial charge is 0.322 e. The van der Waals surface area contributed by atoms with Gasteiger partial charge >= 0.3 is 0 Å². The minimum absolute atomic E-state index is 0.0909. The number of nitrogens with zero attached hydrogens (tertiary/aromatic N) is 2. The summed E-state index contributed by atoms with van der Waals surface area (Å²) in [7, 11) is 0. The first-order chi connectivity index (χ1) is 14.0. The number of hydrogen-bond acceptors (Lipinski definition) is 5. The first kappa shape index (κ1) is 18.8. The van der Waals surface area contributed by atoms with Gasteiger partial charge in [0.25, 0.3) is 5.91 Å². The molecule has 3 amide bonds. The quantitative estimate of drug-likeness (QED) is 0.746. The summed E-state index contributed by atoms with van der Waals surface area (Å²) in [4.78, 5) is 41.0. The van der Waals surface area contributed by atoms with Crippen molar-refractivity contribution >= 4 is 17.7 Å². The van der Waals surface area contributed by atoms with E-state index < -0.39 is 6.04 Å². The van der Waals surface area contributed by atoms with Gasteiger partial charge in [-0.1, -0.05) is 18.6 Å². The van der Waals surface area contributed by atoms with Crippen molar-refractivity contribution in [3.63, 3.8) is 0 Å². The number of amides is 3. The summed E-state index contributed by atoms with van der Waals surface area (Å²) in [5.74, 6) is -0.695. The van der Waals surface area contributed by atoms with Crippen molar-refractivity contribution in [2.24, 2.45) is 5.41 Å². The molecular formula is C22H28N4O3. The second-order valence-corrected chi connectivity index (χ2v) is 9.11. The minimum Gasteiger partial charge on any atom is -0.322 e. The molecule has 154 valence electrons. The number of fused-ring (bicyclic) bond motifs is 1. The topological polar surface area (TPSA) is 81.8 Å². The second-order valence-electron chi connectivity index (χ2n) is 9.11. The highest BCUT2D eigenvalue weighted by Crippen LogP contribution is 2.35. The minimum atomic E-state index is -0.553. The Morgan fingerprint density at radius 3 is 2.76 bits per heavy atom. The van der Waals surface area contributed by atoms with E-state index in [0.29, 0.717) is 23.9 Å².